The molecule has 7 heteroatoms. The van der Waals surface area contributed by atoms with Crippen molar-refractivity contribution < 1.29 is 14.2 Å². The Kier molecular flexibility index (Phi) is 4.65. The molecule has 0 unspecified atom stereocenters. The lowest BCUT2D eigenvalue weighted by Gasteiger charge is -2.37. The molecule has 0 aliphatic carbocycles. The maximum atomic E-state index is 5.79. The topological polar surface area (TPSA) is 68.7 Å². The third kappa shape index (κ3) is 3.45. The van der Waals surface area contributed by atoms with E-state index in [0.29, 0.717) is 13.2 Å². The van der Waals surface area contributed by atoms with E-state index >= 15 is 0 Å². The number of nitrogens with one attached hydrogen (secondary N) is 1. The Morgan fingerprint density at radius 3 is 2.65 bits per heavy atom. The largest absolute Gasteiger partial charge is 0.495 e. The molecule has 138 valence electrons. The molecule has 0 atom stereocenters. The van der Waals surface area contributed by atoms with E-state index in [9.17, 15) is 0 Å². The van der Waals surface area contributed by atoms with Gasteiger partial charge in [0.25, 0.3) is 0 Å². The van der Waals surface area contributed by atoms with E-state index in [1.165, 1.54) is 0 Å². The molecule has 4 rings (SSSR count). The first-order valence-electron chi connectivity index (χ1n) is 8.95. The summed E-state index contributed by atoms with van der Waals surface area (Å²) in [6.45, 7) is 5.06. The third-order valence-electron chi connectivity index (χ3n) is 4.88. The van der Waals surface area contributed by atoms with Crippen LogP contribution in [-0.2, 0) is 9.47 Å². The quantitative estimate of drug-likeness (QED) is 0.903. The number of nitrogens with zero attached hydrogens (tertiary/aromatic N) is 3. The zero-order chi connectivity index (χ0) is 18.0. The van der Waals surface area contributed by atoms with E-state index in [-0.39, 0.29) is 5.79 Å². The average Bonchev–Trinajstić information content (AvgIpc) is 3.11. The Hall–Kier alpha value is -2.38. The molecular weight excluding hydrogens is 332 g/mol. The maximum absolute atomic E-state index is 5.79. The van der Waals surface area contributed by atoms with Gasteiger partial charge in [-0.05, 0) is 30.7 Å². The minimum atomic E-state index is -0.388. The monoisotopic (exact) mass is 356 g/mol. The number of hydrogen-bond acceptors (Lipinski definition) is 7. The molecule has 7 nitrogen and oxygen atoms in total. The highest BCUT2D eigenvalue weighted by atomic mass is 16.7. The van der Waals surface area contributed by atoms with Crippen LogP contribution in [-0.4, -0.2) is 49.2 Å². The molecule has 2 fully saturated rings. The fraction of sp³-hybridized carbons (Fsp3) is 0.474. The van der Waals surface area contributed by atoms with Gasteiger partial charge in [0.2, 0.25) is 5.95 Å². The van der Waals surface area contributed by atoms with Crippen LogP contribution in [0, 0.1) is 6.92 Å². The second kappa shape index (κ2) is 7.09. The van der Waals surface area contributed by atoms with Crippen molar-refractivity contribution >= 4 is 17.5 Å². The van der Waals surface area contributed by atoms with Crippen LogP contribution >= 0.6 is 0 Å². The van der Waals surface area contributed by atoms with E-state index in [1.807, 2.05) is 31.2 Å². The Balaban J connectivity index is 1.48. The lowest BCUT2D eigenvalue weighted by Crippen LogP contribution is -2.45. The second-order valence-electron chi connectivity index (χ2n) is 6.67. The zero-order valence-corrected chi connectivity index (χ0v) is 15.2. The van der Waals surface area contributed by atoms with Crippen LogP contribution in [0.15, 0.2) is 30.5 Å². The summed E-state index contributed by atoms with van der Waals surface area (Å²) < 4.78 is 17.0. The average molecular weight is 356 g/mol. The molecule has 0 amide bonds. The molecule has 3 heterocycles. The van der Waals surface area contributed by atoms with E-state index < -0.39 is 0 Å². The van der Waals surface area contributed by atoms with Crippen LogP contribution in [0.3, 0.4) is 0 Å². The molecule has 2 saturated heterocycles. The molecule has 26 heavy (non-hydrogen) atoms. The first-order chi connectivity index (χ1) is 12.7. The first kappa shape index (κ1) is 17.1. The van der Waals surface area contributed by atoms with Gasteiger partial charge in [0.15, 0.2) is 5.79 Å². The fourth-order valence-corrected chi connectivity index (χ4v) is 3.46. The number of benzene rings is 1. The SMILES string of the molecule is COc1ccc(C)cc1Nc1ccnc(N2CCC3(CC2)OCCO3)n1. The molecule has 1 aromatic carbocycles. The summed E-state index contributed by atoms with van der Waals surface area (Å²) in [4.78, 5) is 11.3. The number of aryl methyl sites for hydroxylation is 1. The van der Waals surface area contributed by atoms with E-state index in [2.05, 4.69) is 20.2 Å². The summed E-state index contributed by atoms with van der Waals surface area (Å²) in [7, 11) is 1.66. The normalized spacial score (nSPS) is 18.9. The zero-order valence-electron chi connectivity index (χ0n) is 15.2. The molecule has 0 bridgehead atoms. The third-order valence-corrected chi connectivity index (χ3v) is 4.88. The summed E-state index contributed by atoms with van der Waals surface area (Å²) in [6, 6.07) is 7.87. The molecule has 1 spiro atoms. The highest BCUT2D eigenvalue weighted by molar-refractivity contribution is 5.65. The lowest BCUT2D eigenvalue weighted by atomic mass is 10.0. The number of piperidine rings is 1. The van der Waals surface area contributed by atoms with Gasteiger partial charge in [0, 0.05) is 32.1 Å². The first-order valence-corrected chi connectivity index (χ1v) is 8.95. The van der Waals surface area contributed by atoms with Gasteiger partial charge in [-0.25, -0.2) is 4.98 Å². The van der Waals surface area contributed by atoms with Gasteiger partial charge in [0.1, 0.15) is 11.6 Å². The predicted molar refractivity (Wildman–Crippen MR) is 99.1 cm³/mol. The van der Waals surface area contributed by atoms with Crippen LogP contribution in [0.4, 0.5) is 17.5 Å². The maximum Gasteiger partial charge on any atom is 0.227 e. The van der Waals surface area contributed by atoms with Crippen molar-refractivity contribution in [3.05, 3.63) is 36.0 Å². The second-order valence-corrected chi connectivity index (χ2v) is 6.67. The molecule has 2 aliphatic heterocycles. The van der Waals surface area contributed by atoms with Crippen molar-refractivity contribution in [1.29, 1.82) is 0 Å². The van der Waals surface area contributed by atoms with Gasteiger partial charge in [-0.3, -0.25) is 0 Å². The van der Waals surface area contributed by atoms with Crippen molar-refractivity contribution in [2.45, 2.75) is 25.6 Å². The van der Waals surface area contributed by atoms with E-state index in [4.69, 9.17) is 14.2 Å². The van der Waals surface area contributed by atoms with Gasteiger partial charge in [-0.1, -0.05) is 6.07 Å². The van der Waals surface area contributed by atoms with Gasteiger partial charge in [0.05, 0.1) is 26.0 Å². The minimum Gasteiger partial charge on any atom is -0.495 e. The Labute approximate surface area is 153 Å². The van der Waals surface area contributed by atoms with Gasteiger partial charge < -0.3 is 24.4 Å². The van der Waals surface area contributed by atoms with Crippen LogP contribution in [0.25, 0.3) is 0 Å². The van der Waals surface area contributed by atoms with Crippen molar-refractivity contribution in [2.24, 2.45) is 0 Å². The number of anilines is 3. The molecule has 0 saturated carbocycles. The van der Waals surface area contributed by atoms with Gasteiger partial charge in [-0.15, -0.1) is 0 Å². The fourth-order valence-electron chi connectivity index (χ4n) is 3.46. The summed E-state index contributed by atoms with van der Waals surface area (Å²) >= 11 is 0. The molecule has 1 aromatic heterocycles. The molecule has 0 radical (unpaired) electrons. The molecular formula is C19H24N4O3. The highest BCUT2D eigenvalue weighted by Gasteiger charge is 2.40. The standard InChI is InChI=1S/C19H24N4O3/c1-14-3-4-16(24-2)15(13-14)21-17-5-8-20-18(22-17)23-9-6-19(7-10-23)25-11-12-26-19/h3-5,8,13H,6-7,9-12H2,1-2H3,(H,20,21,22). The Morgan fingerprint density at radius 1 is 1.15 bits per heavy atom. The van der Waals surface area contributed by atoms with Crippen molar-refractivity contribution in [1.82, 2.24) is 9.97 Å². The summed E-state index contributed by atoms with van der Waals surface area (Å²) in [6.07, 6.45) is 3.44. The molecule has 2 aliphatic rings. The Morgan fingerprint density at radius 2 is 1.92 bits per heavy atom. The van der Waals surface area contributed by atoms with Gasteiger partial charge >= 0.3 is 0 Å². The molecule has 2 aromatic rings. The summed E-state index contributed by atoms with van der Waals surface area (Å²) in [5.74, 6) is 1.86. The van der Waals surface area contributed by atoms with E-state index in [0.717, 1.165) is 54.7 Å². The number of rotatable bonds is 4. The lowest BCUT2D eigenvalue weighted by molar-refractivity contribution is -0.169. The molecule has 1 N–H and O–H groups in total. The van der Waals surface area contributed by atoms with Crippen LogP contribution in [0.1, 0.15) is 18.4 Å². The smallest absolute Gasteiger partial charge is 0.227 e. The number of ether oxygens (including phenoxy) is 3. The Bertz CT molecular complexity index is 767. The highest BCUT2D eigenvalue weighted by Crippen LogP contribution is 2.33. The summed E-state index contributed by atoms with van der Waals surface area (Å²) in [5.41, 5.74) is 2.04. The van der Waals surface area contributed by atoms with Crippen molar-refractivity contribution in [2.75, 3.05) is 43.6 Å². The minimum absolute atomic E-state index is 0.388. The van der Waals surface area contributed by atoms with Gasteiger partial charge in [-0.2, -0.15) is 4.98 Å². The van der Waals surface area contributed by atoms with Crippen molar-refractivity contribution in [3.8, 4) is 5.75 Å². The van der Waals surface area contributed by atoms with Crippen LogP contribution in [0.2, 0.25) is 0 Å². The number of hydrogen-bond donors (Lipinski definition) is 1. The number of methoxy groups -OCH3 is 1. The van der Waals surface area contributed by atoms with E-state index in [1.54, 1.807) is 13.3 Å². The number of aromatic nitrogens is 2. The van der Waals surface area contributed by atoms with Crippen molar-refractivity contribution in [3.63, 3.8) is 0 Å². The summed E-state index contributed by atoms with van der Waals surface area (Å²) in [5, 5.41) is 3.34. The van der Waals surface area contributed by atoms with Crippen LogP contribution < -0.4 is 15.0 Å². The van der Waals surface area contributed by atoms with Crippen LogP contribution in [0.5, 0.6) is 5.75 Å². The predicted octanol–water partition coefficient (Wildman–Crippen LogP) is 2.88.